The number of aromatic nitrogens is 4. The van der Waals surface area contributed by atoms with E-state index in [1.807, 2.05) is 67.1 Å². The van der Waals surface area contributed by atoms with Crippen LogP contribution in [0.2, 0.25) is 0 Å². The van der Waals surface area contributed by atoms with Gasteiger partial charge in [0.1, 0.15) is 0 Å². The van der Waals surface area contributed by atoms with Gasteiger partial charge >= 0.3 is 0 Å². The van der Waals surface area contributed by atoms with Crippen LogP contribution < -0.4 is 0 Å². The second-order valence-electron chi connectivity index (χ2n) is 9.62. The van der Waals surface area contributed by atoms with Gasteiger partial charge in [0.2, 0.25) is 0 Å². The zero-order valence-electron chi connectivity index (χ0n) is 22.7. The molecular weight excluding hydrogens is 681 g/mol. The predicted molar refractivity (Wildman–Crippen MR) is 163 cm³/mol. The monoisotopic (exact) mass is 707 g/mol. The summed E-state index contributed by atoms with van der Waals surface area (Å²) < 4.78 is 0. The zero-order valence-corrected chi connectivity index (χ0v) is 25.1. The van der Waals surface area contributed by atoms with Crippen LogP contribution in [0.25, 0.3) is 55.4 Å². The van der Waals surface area contributed by atoms with Crippen molar-refractivity contribution in [1.29, 1.82) is 0 Å². The van der Waals surface area contributed by atoms with Crippen molar-refractivity contribution < 1.29 is 20.1 Å². The summed E-state index contributed by atoms with van der Waals surface area (Å²) in [5.74, 6) is 0.717. The normalized spacial score (nSPS) is 10.5. The van der Waals surface area contributed by atoms with Gasteiger partial charge in [0, 0.05) is 55.7 Å². The fraction of sp³-hybridized carbons (Fsp3) is 0.0556. The van der Waals surface area contributed by atoms with Crippen molar-refractivity contribution in [1.82, 2.24) is 19.9 Å². The number of fused-ring (bicyclic) bond motifs is 3. The van der Waals surface area contributed by atoms with Crippen molar-refractivity contribution in [2.24, 2.45) is 0 Å². The first-order valence-electron chi connectivity index (χ1n) is 13.1. The molecule has 0 N–H and O–H groups in total. The van der Waals surface area contributed by atoms with Gasteiger partial charge in [-0.05, 0) is 34.3 Å². The Labute approximate surface area is 253 Å². The van der Waals surface area contributed by atoms with Crippen LogP contribution in [0.5, 0.6) is 0 Å². The summed E-state index contributed by atoms with van der Waals surface area (Å²) in [6.07, 6.45) is 7.36. The second-order valence-corrected chi connectivity index (χ2v) is 9.62. The summed E-state index contributed by atoms with van der Waals surface area (Å²) in [6.45, 7) is 4.15. The van der Waals surface area contributed by atoms with Gasteiger partial charge in [-0.2, -0.15) is 0 Å². The molecule has 0 fully saturated rings. The van der Waals surface area contributed by atoms with E-state index in [0.717, 1.165) is 55.6 Å². The molecule has 0 aliphatic heterocycles. The molecule has 3 aromatic heterocycles. The molecule has 41 heavy (non-hydrogen) atoms. The van der Waals surface area contributed by atoms with Crippen molar-refractivity contribution in [2.75, 3.05) is 0 Å². The summed E-state index contributed by atoms with van der Waals surface area (Å²) in [5, 5.41) is 3.41. The quantitative estimate of drug-likeness (QED) is 0.137. The Morgan fingerprint density at radius 1 is 0.659 bits per heavy atom. The predicted octanol–water partition coefficient (Wildman–Crippen LogP) is 8.48. The minimum Gasteiger partial charge on any atom is -0.305 e. The number of hydrogen-bond acceptors (Lipinski definition) is 4. The first-order valence-corrected chi connectivity index (χ1v) is 13.1. The molecule has 1 radical (unpaired) electrons. The molecule has 0 spiro atoms. The maximum atomic E-state index is 4.73. The second kappa shape index (κ2) is 12.7. The molecule has 0 bridgehead atoms. The number of pyridine rings is 2. The number of rotatable bonds is 3. The van der Waals surface area contributed by atoms with Gasteiger partial charge in [-0.3, -0.25) is 15.0 Å². The van der Waals surface area contributed by atoms with Gasteiger partial charge in [-0.15, -0.1) is 70.8 Å². The molecule has 4 aromatic carbocycles. The van der Waals surface area contributed by atoms with Crippen LogP contribution in [-0.2, 0) is 20.1 Å². The number of aryl methyl sites for hydroxylation is 2. The molecule has 3 heterocycles. The van der Waals surface area contributed by atoms with Gasteiger partial charge in [-0.25, -0.2) is 0 Å². The third-order valence-corrected chi connectivity index (χ3v) is 6.60. The zero-order chi connectivity index (χ0) is 27.3. The van der Waals surface area contributed by atoms with Crippen LogP contribution >= 0.6 is 0 Å². The molecule has 5 heteroatoms. The maximum absolute atomic E-state index is 4.73. The van der Waals surface area contributed by atoms with E-state index in [-0.39, 0.29) is 20.1 Å². The van der Waals surface area contributed by atoms with Crippen molar-refractivity contribution >= 4 is 21.7 Å². The van der Waals surface area contributed by atoms with E-state index in [1.165, 1.54) is 10.9 Å². The summed E-state index contributed by atoms with van der Waals surface area (Å²) in [5.41, 5.74) is 8.47. The molecule has 0 aliphatic carbocycles. The van der Waals surface area contributed by atoms with E-state index < -0.39 is 0 Å². The number of benzene rings is 4. The molecular formula is C36H26IrN4-2. The molecule has 0 unspecified atom stereocenters. The topological polar surface area (TPSA) is 51.6 Å². The Morgan fingerprint density at radius 3 is 2.32 bits per heavy atom. The fourth-order valence-corrected chi connectivity index (χ4v) is 4.75. The standard InChI is InChI=1S/C18H11N2.C18H15N2.Ir/c1-2-7-14(8-3-1)18-19-12-15-11-10-13-6-4-5-9-16(13)17(15)20-18;1-13-8-14(2)10-17(9-13)18-11-15(5-7-20-18)16-4-3-6-19-12-16;/h1-7,9-12H;3-9,11-12H,1-2H3;/q2*-1;. The van der Waals surface area contributed by atoms with Crippen LogP contribution in [-0.4, -0.2) is 19.9 Å². The van der Waals surface area contributed by atoms with Crippen molar-refractivity contribution in [2.45, 2.75) is 13.8 Å². The van der Waals surface area contributed by atoms with E-state index >= 15 is 0 Å². The largest absolute Gasteiger partial charge is 0.305 e. The molecule has 0 saturated carbocycles. The van der Waals surface area contributed by atoms with E-state index in [0.29, 0.717) is 0 Å². The van der Waals surface area contributed by atoms with Crippen LogP contribution in [0.3, 0.4) is 0 Å². The first kappa shape index (κ1) is 28.0. The van der Waals surface area contributed by atoms with Gasteiger partial charge in [0.05, 0.1) is 11.3 Å². The third-order valence-electron chi connectivity index (χ3n) is 6.60. The van der Waals surface area contributed by atoms with Crippen LogP contribution in [0.15, 0.2) is 122 Å². The average Bonchev–Trinajstić information content (AvgIpc) is 3.01. The average molecular weight is 707 g/mol. The van der Waals surface area contributed by atoms with Crippen molar-refractivity contribution in [3.63, 3.8) is 0 Å². The van der Waals surface area contributed by atoms with E-state index in [2.05, 4.69) is 89.5 Å². The molecule has 7 rings (SSSR count). The minimum absolute atomic E-state index is 0. The number of hydrogen-bond donors (Lipinski definition) is 0. The van der Waals surface area contributed by atoms with Crippen LogP contribution in [0, 0.1) is 26.0 Å². The van der Waals surface area contributed by atoms with E-state index in [9.17, 15) is 0 Å². The molecule has 7 aromatic rings. The maximum Gasteiger partial charge on any atom is 0.0756 e. The Morgan fingerprint density at radius 2 is 1.51 bits per heavy atom. The Hall–Kier alpha value is -4.57. The smallest absolute Gasteiger partial charge is 0.0756 e. The van der Waals surface area contributed by atoms with Gasteiger partial charge in [-0.1, -0.05) is 62.4 Å². The molecule has 0 atom stereocenters. The number of nitrogens with zero attached hydrogens (tertiary/aromatic N) is 4. The van der Waals surface area contributed by atoms with Crippen molar-refractivity contribution in [3.8, 4) is 33.8 Å². The summed E-state index contributed by atoms with van der Waals surface area (Å²) >= 11 is 0. The Balaban J connectivity index is 0.000000161. The molecule has 0 aliphatic rings. The fourth-order valence-electron chi connectivity index (χ4n) is 4.75. The SMILES string of the molecule is Cc1[c-]c(-c2cc(-c3cccnc3)ccn2)cc(C)c1.[Ir].[c-]1ccccc1-c1ncc2ccc3ccccc3c2n1. The van der Waals surface area contributed by atoms with Gasteiger partial charge < -0.3 is 4.98 Å². The van der Waals surface area contributed by atoms with Crippen LogP contribution in [0.4, 0.5) is 0 Å². The third kappa shape index (κ3) is 6.44. The van der Waals surface area contributed by atoms with E-state index in [4.69, 9.17) is 4.98 Å². The summed E-state index contributed by atoms with van der Waals surface area (Å²) in [7, 11) is 0. The first-order chi connectivity index (χ1) is 19.6. The van der Waals surface area contributed by atoms with Crippen LogP contribution in [0.1, 0.15) is 11.1 Å². The molecule has 201 valence electrons. The summed E-state index contributed by atoms with van der Waals surface area (Å²) in [4.78, 5) is 17.8. The minimum atomic E-state index is 0. The molecule has 0 saturated heterocycles. The van der Waals surface area contributed by atoms with Gasteiger partial charge in [0.15, 0.2) is 0 Å². The Bertz CT molecular complexity index is 1900. The summed E-state index contributed by atoms with van der Waals surface area (Å²) in [6, 6.07) is 39.1. The molecule has 0 amide bonds. The molecule has 4 nitrogen and oxygen atoms in total. The van der Waals surface area contributed by atoms with E-state index in [1.54, 1.807) is 6.20 Å². The van der Waals surface area contributed by atoms with Crippen molar-refractivity contribution in [3.05, 3.63) is 145 Å². The Kier molecular flexibility index (Phi) is 8.69. The van der Waals surface area contributed by atoms with Gasteiger partial charge in [0.25, 0.3) is 0 Å².